The molecule has 0 fully saturated rings. The molecule has 0 atom stereocenters. The summed E-state index contributed by atoms with van der Waals surface area (Å²) in [4.78, 5) is 32.5. The first kappa shape index (κ1) is 23.2. The van der Waals surface area contributed by atoms with Gasteiger partial charge in [0.25, 0.3) is 5.91 Å². The molecule has 0 saturated heterocycles. The number of thiophene rings is 1. The van der Waals surface area contributed by atoms with Gasteiger partial charge in [0.15, 0.2) is 0 Å². The van der Waals surface area contributed by atoms with Crippen LogP contribution in [0.5, 0.6) is 0 Å². The van der Waals surface area contributed by atoms with E-state index in [0.717, 1.165) is 65.4 Å². The van der Waals surface area contributed by atoms with Crippen LogP contribution < -0.4 is 5.32 Å². The van der Waals surface area contributed by atoms with Crippen LogP contribution in [0.4, 0.5) is 5.00 Å². The number of benzene rings is 2. The fourth-order valence-corrected chi connectivity index (χ4v) is 6.00. The molecular formula is C29H28N2O3S. The number of methoxy groups -OCH3 is 1. The summed E-state index contributed by atoms with van der Waals surface area (Å²) in [7, 11) is 1.39. The number of anilines is 1. The lowest BCUT2D eigenvalue weighted by molar-refractivity contribution is 0.0601. The molecule has 5 nitrogen and oxygen atoms in total. The molecule has 2 aromatic carbocycles. The van der Waals surface area contributed by atoms with Crippen molar-refractivity contribution in [3.63, 3.8) is 0 Å². The second kappa shape index (κ2) is 10.0. The molecule has 1 amide bonds. The van der Waals surface area contributed by atoms with E-state index >= 15 is 0 Å². The number of rotatable bonds is 4. The molecule has 1 aliphatic carbocycles. The number of para-hydroxylation sites is 1. The minimum Gasteiger partial charge on any atom is -0.465 e. The topological polar surface area (TPSA) is 68.3 Å². The first-order chi connectivity index (χ1) is 17.0. The summed E-state index contributed by atoms with van der Waals surface area (Å²) in [5.41, 5.74) is 5.68. The van der Waals surface area contributed by atoms with Crippen molar-refractivity contribution >= 4 is 39.1 Å². The number of nitrogens with zero attached hydrogens (tertiary/aromatic N) is 1. The Kier molecular flexibility index (Phi) is 6.64. The van der Waals surface area contributed by atoms with Crippen LogP contribution >= 0.6 is 11.3 Å². The minimum absolute atomic E-state index is 0.253. The van der Waals surface area contributed by atoms with E-state index in [4.69, 9.17) is 9.72 Å². The molecule has 0 saturated carbocycles. The minimum atomic E-state index is -0.390. The number of hydrogen-bond acceptors (Lipinski definition) is 5. The van der Waals surface area contributed by atoms with E-state index in [1.54, 1.807) is 0 Å². The maximum atomic E-state index is 13.7. The number of aryl methyl sites for hydroxylation is 2. The molecule has 2 heterocycles. The second-order valence-corrected chi connectivity index (χ2v) is 10.1. The highest BCUT2D eigenvalue weighted by molar-refractivity contribution is 7.17. The number of carbonyl (C=O) groups excluding carboxylic acids is 2. The van der Waals surface area contributed by atoms with Crippen molar-refractivity contribution in [2.75, 3.05) is 12.4 Å². The third kappa shape index (κ3) is 4.71. The largest absolute Gasteiger partial charge is 0.465 e. The Morgan fingerprint density at radius 1 is 0.971 bits per heavy atom. The molecule has 35 heavy (non-hydrogen) atoms. The number of carbonyl (C=O) groups is 2. The number of hydrogen-bond donors (Lipinski definition) is 1. The van der Waals surface area contributed by atoms with Gasteiger partial charge >= 0.3 is 5.97 Å². The molecule has 0 unspecified atom stereocenters. The zero-order valence-corrected chi connectivity index (χ0v) is 20.8. The molecule has 5 rings (SSSR count). The van der Waals surface area contributed by atoms with Crippen molar-refractivity contribution in [3.8, 4) is 11.3 Å². The van der Waals surface area contributed by atoms with Gasteiger partial charge in [-0.15, -0.1) is 11.3 Å². The van der Waals surface area contributed by atoms with Gasteiger partial charge in [0.1, 0.15) is 5.00 Å². The summed E-state index contributed by atoms with van der Waals surface area (Å²) in [5.74, 6) is -0.644. The van der Waals surface area contributed by atoms with Crippen molar-refractivity contribution in [2.24, 2.45) is 0 Å². The molecule has 2 aromatic heterocycles. The zero-order chi connectivity index (χ0) is 24.4. The van der Waals surface area contributed by atoms with Gasteiger partial charge in [0, 0.05) is 15.8 Å². The molecular weight excluding hydrogens is 456 g/mol. The normalized spacial score (nSPS) is 13.5. The number of esters is 1. The van der Waals surface area contributed by atoms with E-state index in [1.165, 1.54) is 29.7 Å². The van der Waals surface area contributed by atoms with Crippen LogP contribution in [0.15, 0.2) is 54.6 Å². The Labute approximate surface area is 209 Å². The van der Waals surface area contributed by atoms with Gasteiger partial charge in [-0.3, -0.25) is 4.79 Å². The lowest BCUT2D eigenvalue weighted by Crippen LogP contribution is -2.15. The third-order valence-corrected chi connectivity index (χ3v) is 7.80. The van der Waals surface area contributed by atoms with Crippen molar-refractivity contribution in [3.05, 3.63) is 81.7 Å². The molecule has 0 bridgehead atoms. The molecule has 6 heteroatoms. The summed E-state index contributed by atoms with van der Waals surface area (Å²) in [5, 5.41) is 4.42. The van der Waals surface area contributed by atoms with Gasteiger partial charge in [0.05, 0.1) is 29.4 Å². The van der Waals surface area contributed by atoms with Gasteiger partial charge in [-0.1, -0.05) is 60.9 Å². The molecule has 1 N–H and O–H groups in total. The number of amides is 1. The smallest absolute Gasteiger partial charge is 0.341 e. The number of aromatic nitrogens is 1. The fourth-order valence-electron chi connectivity index (χ4n) is 4.73. The van der Waals surface area contributed by atoms with Crippen LogP contribution in [0.3, 0.4) is 0 Å². The van der Waals surface area contributed by atoms with Crippen LogP contribution in [0.25, 0.3) is 22.2 Å². The predicted octanol–water partition coefficient (Wildman–Crippen LogP) is 6.97. The first-order valence-corrected chi connectivity index (χ1v) is 12.9. The van der Waals surface area contributed by atoms with Crippen molar-refractivity contribution < 1.29 is 14.3 Å². The van der Waals surface area contributed by atoms with Gasteiger partial charge in [0.2, 0.25) is 0 Å². The maximum Gasteiger partial charge on any atom is 0.341 e. The van der Waals surface area contributed by atoms with Crippen LogP contribution in [-0.2, 0) is 17.6 Å². The SMILES string of the molecule is COC(=O)c1c(NC(=O)c2cc(-c3ccc(C)cc3)nc3ccccc23)sc2c1CCCCCC2. The van der Waals surface area contributed by atoms with E-state index in [9.17, 15) is 9.59 Å². The van der Waals surface area contributed by atoms with Crippen molar-refractivity contribution in [2.45, 2.75) is 45.4 Å². The monoisotopic (exact) mass is 484 g/mol. The molecule has 4 aromatic rings. The summed E-state index contributed by atoms with van der Waals surface area (Å²) in [6, 6.07) is 17.6. The Balaban J connectivity index is 1.58. The first-order valence-electron chi connectivity index (χ1n) is 12.1. The maximum absolute atomic E-state index is 13.7. The van der Waals surface area contributed by atoms with Crippen LogP contribution in [0.2, 0.25) is 0 Å². The average molecular weight is 485 g/mol. The van der Waals surface area contributed by atoms with Gasteiger partial charge in [-0.25, -0.2) is 9.78 Å². The Hall–Kier alpha value is -3.51. The number of ether oxygens (including phenoxy) is 1. The highest BCUT2D eigenvalue weighted by Crippen LogP contribution is 2.38. The lowest BCUT2D eigenvalue weighted by Gasteiger charge is -2.12. The van der Waals surface area contributed by atoms with Crippen molar-refractivity contribution in [1.29, 1.82) is 0 Å². The molecule has 178 valence electrons. The third-order valence-electron chi connectivity index (χ3n) is 6.60. The Bertz CT molecular complexity index is 1410. The van der Waals surface area contributed by atoms with Crippen LogP contribution in [-0.4, -0.2) is 24.0 Å². The van der Waals surface area contributed by atoms with Gasteiger partial charge in [-0.2, -0.15) is 0 Å². The van der Waals surface area contributed by atoms with E-state index in [0.29, 0.717) is 16.1 Å². The standard InChI is InChI=1S/C29H28N2O3S/c1-18-13-15-19(16-14-18)24-17-22(20-9-7-8-11-23(20)30-24)27(32)31-28-26(29(33)34-2)21-10-5-3-4-6-12-25(21)35-28/h7-9,11,13-17H,3-6,10,12H2,1-2H3,(H,31,32). The quantitative estimate of drug-likeness (QED) is 0.318. The van der Waals surface area contributed by atoms with Crippen LogP contribution in [0, 0.1) is 6.92 Å². The molecule has 0 aliphatic heterocycles. The highest BCUT2D eigenvalue weighted by atomic mass is 32.1. The zero-order valence-electron chi connectivity index (χ0n) is 20.0. The number of pyridine rings is 1. The highest BCUT2D eigenvalue weighted by Gasteiger charge is 2.26. The van der Waals surface area contributed by atoms with Gasteiger partial charge < -0.3 is 10.1 Å². The molecule has 1 aliphatic rings. The lowest BCUT2D eigenvalue weighted by atomic mass is 9.96. The van der Waals surface area contributed by atoms with E-state index < -0.39 is 5.97 Å². The molecule has 0 radical (unpaired) electrons. The van der Waals surface area contributed by atoms with E-state index in [1.807, 2.05) is 61.5 Å². The fraction of sp³-hybridized carbons (Fsp3) is 0.276. The number of fused-ring (bicyclic) bond motifs is 2. The second-order valence-electron chi connectivity index (χ2n) is 9.01. The van der Waals surface area contributed by atoms with Crippen molar-refractivity contribution in [1.82, 2.24) is 4.98 Å². The molecule has 0 spiro atoms. The summed E-state index contributed by atoms with van der Waals surface area (Å²) in [6.45, 7) is 2.04. The van der Waals surface area contributed by atoms with Crippen LogP contribution in [0.1, 0.15) is 62.4 Å². The number of nitrogens with one attached hydrogen (secondary N) is 1. The Morgan fingerprint density at radius 2 is 1.71 bits per heavy atom. The summed E-state index contributed by atoms with van der Waals surface area (Å²) >= 11 is 1.51. The Morgan fingerprint density at radius 3 is 2.49 bits per heavy atom. The van der Waals surface area contributed by atoms with Gasteiger partial charge in [-0.05, 0) is 50.3 Å². The predicted molar refractivity (Wildman–Crippen MR) is 141 cm³/mol. The van der Waals surface area contributed by atoms with E-state index in [2.05, 4.69) is 5.32 Å². The summed E-state index contributed by atoms with van der Waals surface area (Å²) < 4.78 is 5.12. The average Bonchev–Trinajstić information content (AvgIpc) is 3.18. The summed E-state index contributed by atoms with van der Waals surface area (Å²) in [6.07, 6.45) is 6.24. The van der Waals surface area contributed by atoms with E-state index in [-0.39, 0.29) is 5.91 Å².